The molecule has 20 heavy (non-hydrogen) atoms. The van der Waals surface area contributed by atoms with Crippen molar-refractivity contribution in [1.29, 1.82) is 0 Å². The molecule has 0 aliphatic carbocycles. The van der Waals surface area contributed by atoms with E-state index in [0.717, 1.165) is 16.8 Å². The van der Waals surface area contributed by atoms with Crippen LogP contribution in [-0.4, -0.2) is 58.7 Å². The van der Waals surface area contributed by atoms with Crippen molar-refractivity contribution in [3.05, 3.63) is 25.3 Å². The molecule has 1 fully saturated rings. The zero-order valence-electron chi connectivity index (χ0n) is 11.4. The number of rotatable bonds is 9. The third-order valence-electron chi connectivity index (χ3n) is 2.53. The molecule has 3 nitrogen and oxygen atoms in total. The first kappa shape index (κ1) is 18.1. The summed E-state index contributed by atoms with van der Waals surface area (Å²) < 4.78 is 5.01. The Morgan fingerprint density at radius 2 is 2.05 bits per heavy atom. The first-order valence-electron chi connectivity index (χ1n) is 6.42. The van der Waals surface area contributed by atoms with E-state index in [4.69, 9.17) is 4.74 Å². The molecular formula is C14H20O3SSe2. The number of hydrogen-bond donors (Lipinski definition) is 0. The quantitative estimate of drug-likeness (QED) is 0.420. The Hall–Kier alpha value is 0.00896. The molecule has 1 rings (SSSR count). The number of allylic oxidation sites excluding steroid dienone is 1. The van der Waals surface area contributed by atoms with Gasteiger partial charge in [0.05, 0.1) is 0 Å². The molecule has 1 aliphatic heterocycles. The van der Waals surface area contributed by atoms with Gasteiger partial charge < -0.3 is 0 Å². The second-order valence-corrected chi connectivity index (χ2v) is 10.8. The van der Waals surface area contributed by atoms with Crippen LogP contribution in [0, 0.1) is 0 Å². The van der Waals surface area contributed by atoms with Gasteiger partial charge in [-0.1, -0.05) is 0 Å². The number of ether oxygens (including phenoxy) is 1. The van der Waals surface area contributed by atoms with Crippen molar-refractivity contribution in [2.45, 2.75) is 27.8 Å². The van der Waals surface area contributed by atoms with Crippen molar-refractivity contribution in [2.24, 2.45) is 0 Å². The van der Waals surface area contributed by atoms with Gasteiger partial charge in [-0.25, -0.2) is 0 Å². The second kappa shape index (κ2) is 10.7. The summed E-state index contributed by atoms with van der Waals surface area (Å²) in [6.07, 6.45) is 4.44. The van der Waals surface area contributed by atoms with Crippen LogP contribution in [0.2, 0.25) is 15.0 Å². The zero-order valence-corrected chi connectivity index (χ0v) is 15.7. The number of ketones is 1. The molecule has 112 valence electrons. The van der Waals surface area contributed by atoms with Crippen LogP contribution >= 0.6 is 11.8 Å². The van der Waals surface area contributed by atoms with Gasteiger partial charge in [0.2, 0.25) is 0 Å². The number of Topliss-reactive ketones (excluding diaryl/α,β-unsaturated/α-hetero) is 1. The third kappa shape index (κ3) is 7.70. The van der Waals surface area contributed by atoms with Crippen LogP contribution in [0.4, 0.5) is 4.79 Å². The van der Waals surface area contributed by atoms with Gasteiger partial charge in [0.15, 0.2) is 0 Å². The minimum absolute atomic E-state index is 0.0805. The van der Waals surface area contributed by atoms with Gasteiger partial charge in [-0.3, -0.25) is 0 Å². The van der Waals surface area contributed by atoms with Gasteiger partial charge in [-0.15, -0.1) is 0 Å². The molecular weight excluding hydrogens is 406 g/mol. The monoisotopic (exact) mass is 428 g/mol. The molecule has 1 aliphatic rings. The number of hydrogen-bond acceptors (Lipinski definition) is 4. The average molecular weight is 426 g/mol. The SMILES string of the molecule is C=CCOC(=O)[Se]CC1CSCC(CC(=O)CC=C)[Se]1. The molecule has 6 heteroatoms. The van der Waals surface area contributed by atoms with Crippen molar-refractivity contribution < 1.29 is 14.3 Å². The molecule has 2 atom stereocenters. The summed E-state index contributed by atoms with van der Waals surface area (Å²) in [4.78, 5) is 24.2. The molecule has 2 unspecified atom stereocenters. The standard InChI is InChI=1S/C14H20O3SSe2/c1-3-5-11(15)7-12-8-18-9-13(20-12)10-19-14(16)17-6-4-2/h3-4,12-13H,1-2,5-10H2. The van der Waals surface area contributed by atoms with Crippen molar-refractivity contribution in [1.82, 2.24) is 0 Å². The van der Waals surface area contributed by atoms with Crippen LogP contribution in [0.25, 0.3) is 0 Å². The summed E-state index contributed by atoms with van der Waals surface area (Å²) in [5, 5.41) is 0.947. The van der Waals surface area contributed by atoms with E-state index in [9.17, 15) is 9.59 Å². The molecule has 0 radical (unpaired) electrons. The van der Waals surface area contributed by atoms with E-state index < -0.39 is 0 Å². The Kier molecular flexibility index (Phi) is 9.66. The van der Waals surface area contributed by atoms with E-state index in [1.807, 2.05) is 11.8 Å². The molecule has 0 aromatic carbocycles. The Bertz CT molecular complexity index is 360. The van der Waals surface area contributed by atoms with Crippen LogP contribution in [-0.2, 0) is 9.53 Å². The predicted molar refractivity (Wildman–Crippen MR) is 87.1 cm³/mol. The van der Waals surface area contributed by atoms with Crippen LogP contribution < -0.4 is 0 Å². The fraction of sp³-hybridized carbons (Fsp3) is 0.571. The van der Waals surface area contributed by atoms with Crippen LogP contribution in [0.1, 0.15) is 12.8 Å². The van der Waals surface area contributed by atoms with Gasteiger partial charge in [-0.05, 0) is 0 Å². The van der Waals surface area contributed by atoms with E-state index in [-0.39, 0.29) is 19.8 Å². The minimum atomic E-state index is -0.0942. The fourth-order valence-corrected chi connectivity index (χ4v) is 10.0. The first-order chi connectivity index (χ1) is 9.65. The normalized spacial score (nSPS) is 22.0. The number of thioether (sulfide) groups is 1. The van der Waals surface area contributed by atoms with Crippen LogP contribution in [0.5, 0.6) is 0 Å². The van der Waals surface area contributed by atoms with Crippen LogP contribution in [0.15, 0.2) is 25.3 Å². The second-order valence-electron chi connectivity index (χ2n) is 4.31. The summed E-state index contributed by atoms with van der Waals surface area (Å²) in [5.41, 5.74) is 0. The average Bonchev–Trinajstić information content (AvgIpc) is 2.43. The maximum atomic E-state index is 11.7. The Labute approximate surface area is 137 Å². The Morgan fingerprint density at radius 3 is 2.75 bits per heavy atom. The van der Waals surface area contributed by atoms with Crippen molar-refractivity contribution in [3.63, 3.8) is 0 Å². The molecule has 0 N–H and O–H groups in total. The van der Waals surface area contributed by atoms with E-state index in [0.29, 0.717) is 49.8 Å². The summed E-state index contributed by atoms with van der Waals surface area (Å²) in [6, 6.07) is 0. The molecule has 1 heterocycles. The van der Waals surface area contributed by atoms with Gasteiger partial charge in [0, 0.05) is 0 Å². The van der Waals surface area contributed by atoms with Crippen molar-refractivity contribution in [2.75, 3.05) is 18.1 Å². The molecule has 0 aromatic heterocycles. The van der Waals surface area contributed by atoms with E-state index in [1.165, 1.54) is 0 Å². The third-order valence-corrected chi connectivity index (χ3v) is 10.8. The topological polar surface area (TPSA) is 43.4 Å². The zero-order chi connectivity index (χ0) is 14.8. The number of carbonyl (C=O) groups is 2. The predicted octanol–water partition coefficient (Wildman–Crippen LogP) is 2.99. The molecule has 0 saturated carbocycles. The Balaban J connectivity index is 2.26. The van der Waals surface area contributed by atoms with Crippen LogP contribution in [0.3, 0.4) is 0 Å². The summed E-state index contributed by atoms with van der Waals surface area (Å²) in [7, 11) is 0. The van der Waals surface area contributed by atoms with Gasteiger partial charge >= 0.3 is 138 Å². The summed E-state index contributed by atoms with van der Waals surface area (Å²) >= 11 is 2.29. The summed E-state index contributed by atoms with van der Waals surface area (Å²) in [6.45, 7) is 7.44. The van der Waals surface area contributed by atoms with E-state index in [2.05, 4.69) is 13.2 Å². The first-order valence-corrected chi connectivity index (χ1v) is 11.6. The van der Waals surface area contributed by atoms with Crippen molar-refractivity contribution in [3.8, 4) is 0 Å². The van der Waals surface area contributed by atoms with Crippen molar-refractivity contribution >= 4 is 52.3 Å². The van der Waals surface area contributed by atoms with Gasteiger partial charge in [-0.2, -0.15) is 0 Å². The fourth-order valence-electron chi connectivity index (χ4n) is 1.70. The molecule has 1 saturated heterocycles. The van der Waals surface area contributed by atoms with E-state index in [1.54, 1.807) is 12.2 Å². The van der Waals surface area contributed by atoms with Gasteiger partial charge in [0.25, 0.3) is 0 Å². The molecule has 0 amide bonds. The summed E-state index contributed by atoms with van der Waals surface area (Å²) in [5.74, 6) is 2.51. The maximum absolute atomic E-state index is 11.7. The number of carbonyl (C=O) groups excluding carboxylic acids is 2. The Morgan fingerprint density at radius 1 is 1.30 bits per heavy atom. The molecule has 0 spiro atoms. The van der Waals surface area contributed by atoms with Gasteiger partial charge in [0.1, 0.15) is 0 Å². The van der Waals surface area contributed by atoms with E-state index >= 15 is 0 Å². The molecule has 0 aromatic rings. The molecule has 0 bridgehead atoms.